The van der Waals surface area contributed by atoms with Gasteiger partial charge < -0.3 is 23.8 Å². The highest BCUT2D eigenvalue weighted by molar-refractivity contribution is 5.68. The predicted molar refractivity (Wildman–Crippen MR) is 127 cm³/mol. The van der Waals surface area contributed by atoms with Crippen LogP contribution in [-0.4, -0.2) is 29.4 Å². The van der Waals surface area contributed by atoms with E-state index in [1.54, 1.807) is 24.3 Å². The average molecular weight is 484 g/mol. The van der Waals surface area contributed by atoms with Gasteiger partial charge in [0.25, 0.3) is 0 Å². The number of hydrogen-bond acceptors (Lipinski definition) is 6. The van der Waals surface area contributed by atoms with Crippen LogP contribution in [0.5, 0.6) is 17.2 Å². The van der Waals surface area contributed by atoms with E-state index in [-0.39, 0.29) is 30.5 Å². The van der Waals surface area contributed by atoms with Gasteiger partial charge in [-0.2, -0.15) is 0 Å². The Hall–Kier alpha value is -3.55. The lowest BCUT2D eigenvalue weighted by molar-refractivity contribution is -0.136. The number of rotatable bonds is 10. The summed E-state index contributed by atoms with van der Waals surface area (Å²) in [5.74, 6) is 0.293. The van der Waals surface area contributed by atoms with Gasteiger partial charge in [-0.3, -0.25) is 4.79 Å². The number of benzene rings is 2. The first-order valence-corrected chi connectivity index (χ1v) is 12.0. The largest absolute Gasteiger partial charge is 0.497 e. The molecule has 0 radical (unpaired) electrons. The molecule has 3 aromatic rings. The van der Waals surface area contributed by atoms with Crippen molar-refractivity contribution in [3.8, 4) is 28.6 Å². The lowest BCUT2D eigenvalue weighted by Gasteiger charge is -2.26. The summed E-state index contributed by atoms with van der Waals surface area (Å²) in [6, 6.07) is 11.6. The molecule has 8 heteroatoms. The molecule has 0 atom stereocenters. The highest BCUT2D eigenvalue weighted by Gasteiger charge is 2.28. The molecule has 186 valence electrons. The van der Waals surface area contributed by atoms with Gasteiger partial charge in [-0.1, -0.05) is 36.6 Å². The SMILES string of the molecule is C1CC1.COc1ccc(F)c(-c2onc(COc3cccc(CCC(=O)O)c3)c2OC2CCC2)c1. The van der Waals surface area contributed by atoms with Crippen molar-refractivity contribution in [3.05, 3.63) is 59.5 Å². The molecule has 2 saturated carbocycles. The molecule has 2 aromatic carbocycles. The molecule has 1 N–H and O–H groups in total. The summed E-state index contributed by atoms with van der Waals surface area (Å²) in [6.45, 7) is 0.0551. The van der Waals surface area contributed by atoms with Gasteiger partial charge in [0.05, 0.1) is 18.8 Å². The number of carboxylic acids is 1. The molecule has 0 bridgehead atoms. The van der Waals surface area contributed by atoms with Gasteiger partial charge in [0.2, 0.25) is 5.76 Å². The molecule has 2 fully saturated rings. The number of hydrogen-bond donors (Lipinski definition) is 1. The molecule has 0 aliphatic heterocycles. The van der Waals surface area contributed by atoms with Crippen LogP contribution >= 0.6 is 0 Å². The van der Waals surface area contributed by atoms with E-state index in [2.05, 4.69) is 5.16 Å². The van der Waals surface area contributed by atoms with Crippen molar-refractivity contribution < 1.29 is 33.0 Å². The summed E-state index contributed by atoms with van der Waals surface area (Å²) in [7, 11) is 1.51. The average Bonchev–Trinajstić information content (AvgIpc) is 3.67. The van der Waals surface area contributed by atoms with Crippen LogP contribution in [0.15, 0.2) is 47.0 Å². The summed E-state index contributed by atoms with van der Waals surface area (Å²) in [4.78, 5) is 10.8. The Morgan fingerprint density at radius 2 is 1.91 bits per heavy atom. The number of aryl methyl sites for hydroxylation is 1. The molecule has 0 saturated heterocycles. The highest BCUT2D eigenvalue weighted by atomic mass is 19.1. The van der Waals surface area contributed by atoms with Crippen LogP contribution in [0.2, 0.25) is 0 Å². The van der Waals surface area contributed by atoms with E-state index < -0.39 is 11.8 Å². The van der Waals surface area contributed by atoms with Crippen molar-refractivity contribution in [3.63, 3.8) is 0 Å². The number of nitrogens with zero attached hydrogens (tertiary/aromatic N) is 1. The lowest BCUT2D eigenvalue weighted by atomic mass is 9.96. The topological polar surface area (TPSA) is 91.0 Å². The van der Waals surface area contributed by atoms with Crippen LogP contribution in [0.3, 0.4) is 0 Å². The minimum Gasteiger partial charge on any atom is -0.497 e. The number of aromatic nitrogens is 1. The zero-order valence-corrected chi connectivity index (χ0v) is 19.8. The van der Waals surface area contributed by atoms with Crippen LogP contribution in [0.1, 0.15) is 56.2 Å². The first kappa shape index (κ1) is 24.6. The van der Waals surface area contributed by atoms with Crippen molar-refractivity contribution >= 4 is 5.97 Å². The second-order valence-electron chi connectivity index (χ2n) is 8.69. The summed E-state index contributed by atoms with van der Waals surface area (Å²) >= 11 is 0. The Morgan fingerprint density at radius 3 is 2.57 bits per heavy atom. The van der Waals surface area contributed by atoms with Gasteiger partial charge in [0.1, 0.15) is 23.9 Å². The third-order valence-electron chi connectivity index (χ3n) is 5.73. The summed E-state index contributed by atoms with van der Waals surface area (Å²) in [6.07, 6.45) is 7.88. The molecule has 35 heavy (non-hydrogen) atoms. The second kappa shape index (κ2) is 11.7. The van der Waals surface area contributed by atoms with Crippen molar-refractivity contribution in [2.45, 2.75) is 64.1 Å². The summed E-state index contributed by atoms with van der Waals surface area (Å²) < 4.78 is 37.2. The molecule has 0 unspecified atom stereocenters. The maximum atomic E-state index is 14.6. The Morgan fingerprint density at radius 1 is 1.11 bits per heavy atom. The van der Waals surface area contributed by atoms with Crippen LogP contribution in [-0.2, 0) is 17.8 Å². The van der Waals surface area contributed by atoms with Gasteiger partial charge >= 0.3 is 5.97 Å². The number of carbonyl (C=O) groups is 1. The first-order chi connectivity index (χ1) is 17.0. The van der Waals surface area contributed by atoms with Gasteiger partial charge in [-0.05, 0) is 61.6 Å². The maximum Gasteiger partial charge on any atom is 0.303 e. The second-order valence-corrected chi connectivity index (χ2v) is 8.69. The van der Waals surface area contributed by atoms with E-state index in [9.17, 15) is 9.18 Å². The van der Waals surface area contributed by atoms with E-state index in [1.807, 2.05) is 6.07 Å². The van der Waals surface area contributed by atoms with Gasteiger partial charge in [-0.25, -0.2) is 4.39 Å². The number of ether oxygens (including phenoxy) is 3. The standard InChI is InChI=1S/C24H24FNO6.C3H6/c1-29-17-9-10-20(25)19(13-17)23-24(31-16-5-3-6-16)21(26-32-23)14-30-18-7-2-4-15(12-18)8-11-22(27)28;1-2-3-1/h2,4,7,9-10,12-13,16H,3,5-6,8,11,14H2,1H3,(H,27,28);1-3H2. The molecule has 0 amide bonds. The molecule has 1 heterocycles. The predicted octanol–water partition coefficient (Wildman–Crippen LogP) is 6.19. The fourth-order valence-electron chi connectivity index (χ4n) is 3.35. The van der Waals surface area contributed by atoms with Crippen LogP contribution in [0.25, 0.3) is 11.3 Å². The molecule has 5 rings (SSSR count). The fraction of sp³-hybridized carbons (Fsp3) is 0.407. The minimum absolute atomic E-state index is 0.0277. The highest BCUT2D eigenvalue weighted by Crippen LogP contribution is 2.39. The van der Waals surface area contributed by atoms with Gasteiger partial charge in [0, 0.05) is 6.42 Å². The maximum absolute atomic E-state index is 14.6. The van der Waals surface area contributed by atoms with E-state index >= 15 is 0 Å². The summed E-state index contributed by atoms with van der Waals surface area (Å²) in [5, 5.41) is 13.0. The molecular formula is C27H30FNO6. The monoisotopic (exact) mass is 483 g/mol. The van der Waals surface area contributed by atoms with Gasteiger partial charge in [0.15, 0.2) is 11.4 Å². The number of carboxylic acid groups (broad SMARTS) is 1. The number of aliphatic carboxylic acids is 1. The third kappa shape index (κ3) is 6.97. The van der Waals surface area contributed by atoms with Crippen LogP contribution in [0, 0.1) is 5.82 Å². The Kier molecular flexibility index (Phi) is 8.23. The number of methoxy groups -OCH3 is 1. The summed E-state index contributed by atoms with van der Waals surface area (Å²) in [5.41, 5.74) is 1.48. The van der Waals surface area contributed by atoms with Crippen LogP contribution in [0.4, 0.5) is 4.39 Å². The molecule has 2 aliphatic rings. The van der Waals surface area contributed by atoms with E-state index in [4.69, 9.17) is 23.8 Å². The Balaban J connectivity index is 0.000000894. The molecular weight excluding hydrogens is 453 g/mol. The van der Waals surface area contributed by atoms with E-state index in [0.29, 0.717) is 29.4 Å². The zero-order chi connectivity index (χ0) is 24.6. The molecule has 0 spiro atoms. The molecule has 7 nitrogen and oxygen atoms in total. The van der Waals surface area contributed by atoms with Crippen molar-refractivity contribution in [1.82, 2.24) is 5.16 Å². The quantitative estimate of drug-likeness (QED) is 0.368. The first-order valence-electron chi connectivity index (χ1n) is 12.0. The molecule has 2 aliphatic carbocycles. The fourth-order valence-corrected chi connectivity index (χ4v) is 3.35. The smallest absolute Gasteiger partial charge is 0.303 e. The normalized spacial score (nSPS) is 14.3. The Labute approximate surface area is 203 Å². The van der Waals surface area contributed by atoms with Gasteiger partial charge in [-0.15, -0.1) is 0 Å². The van der Waals surface area contributed by atoms with Crippen molar-refractivity contribution in [1.29, 1.82) is 0 Å². The van der Waals surface area contributed by atoms with Crippen molar-refractivity contribution in [2.75, 3.05) is 7.11 Å². The number of halogens is 1. The van der Waals surface area contributed by atoms with E-state index in [0.717, 1.165) is 24.8 Å². The van der Waals surface area contributed by atoms with Crippen LogP contribution < -0.4 is 14.2 Å². The molecule has 1 aromatic heterocycles. The zero-order valence-electron chi connectivity index (χ0n) is 19.8. The van der Waals surface area contributed by atoms with Crippen molar-refractivity contribution in [2.24, 2.45) is 0 Å². The lowest BCUT2D eigenvalue weighted by Crippen LogP contribution is -2.25. The third-order valence-corrected chi connectivity index (χ3v) is 5.73. The Bertz CT molecular complexity index is 1140. The van der Waals surface area contributed by atoms with E-state index in [1.165, 1.54) is 38.5 Å². The minimum atomic E-state index is -0.853.